The maximum absolute atomic E-state index is 14.4. The molecule has 7 rings (SSSR count). The van der Waals surface area contributed by atoms with Crippen molar-refractivity contribution in [2.75, 3.05) is 68.1 Å². The number of hydrogen-bond donors (Lipinski definition) is 2. The standard InChI is InChI=1S/C41H43ClN10O9/c1-41(2,3)61-40(59)52-30-12-8-28(20-26(30)21-34(52)39(57)58)44-36(54)33(19-25-5-9-29(10-6-25)48-14-13-47(17-18-60-4)23-35(48)53)50-16-15-49(37(55)38(50)56)32-22-27(42)7-11-31(32)51-24-43-45-46-51/h5-12,20-22,24,33H,13-19,23H2,1-4H3,(H,44,54)(H,57,58). The van der Waals surface area contributed by atoms with Gasteiger partial charge in [0.1, 0.15) is 23.7 Å². The highest BCUT2D eigenvalue weighted by Gasteiger charge is 2.41. The van der Waals surface area contributed by atoms with Crippen LogP contribution in [0.3, 0.4) is 0 Å². The third kappa shape index (κ3) is 9.23. The van der Waals surface area contributed by atoms with E-state index in [1.54, 1.807) is 69.2 Å². The van der Waals surface area contributed by atoms with E-state index in [-0.39, 0.29) is 54.5 Å². The van der Waals surface area contributed by atoms with Crippen molar-refractivity contribution in [3.05, 3.63) is 89.3 Å². The van der Waals surface area contributed by atoms with Crippen LogP contribution in [0.5, 0.6) is 0 Å². The molecule has 2 N–H and O–H groups in total. The zero-order chi connectivity index (χ0) is 43.6. The number of anilines is 3. The number of carboxylic acid groups (broad SMARTS) is 1. The molecular weight excluding hydrogens is 812 g/mol. The van der Waals surface area contributed by atoms with Gasteiger partial charge in [-0.1, -0.05) is 23.7 Å². The molecule has 4 heterocycles. The molecule has 61 heavy (non-hydrogen) atoms. The number of ether oxygens (including phenoxy) is 2. The van der Waals surface area contributed by atoms with E-state index in [4.69, 9.17) is 21.1 Å². The Labute approximate surface area is 354 Å². The number of amides is 4. The number of benzene rings is 3. The number of carbonyl (C=O) groups excluding carboxylic acids is 5. The van der Waals surface area contributed by atoms with Gasteiger partial charge in [-0.15, -0.1) is 5.10 Å². The van der Waals surface area contributed by atoms with Crippen LogP contribution in [0, 0.1) is 0 Å². The number of nitrogens with zero attached hydrogens (tertiary/aromatic N) is 9. The predicted octanol–water partition coefficient (Wildman–Crippen LogP) is 3.47. The lowest BCUT2D eigenvalue weighted by molar-refractivity contribution is -0.149. The minimum Gasteiger partial charge on any atom is -0.477 e. The average Bonchev–Trinajstić information content (AvgIpc) is 3.89. The molecule has 2 aromatic heterocycles. The van der Waals surface area contributed by atoms with E-state index in [1.165, 1.54) is 51.1 Å². The monoisotopic (exact) mass is 854 g/mol. The first-order chi connectivity index (χ1) is 29.1. The Hall–Kier alpha value is -6.70. The first-order valence-corrected chi connectivity index (χ1v) is 19.7. The topological polar surface area (TPSA) is 215 Å². The molecule has 2 aliphatic heterocycles. The van der Waals surface area contributed by atoms with Crippen molar-refractivity contribution < 1.29 is 43.3 Å². The molecule has 20 heteroatoms. The third-order valence-electron chi connectivity index (χ3n) is 10.2. The summed E-state index contributed by atoms with van der Waals surface area (Å²) in [5, 5.41) is 24.7. The van der Waals surface area contributed by atoms with Gasteiger partial charge >= 0.3 is 23.9 Å². The van der Waals surface area contributed by atoms with E-state index in [0.717, 1.165) is 4.57 Å². The quantitative estimate of drug-likeness (QED) is 0.172. The molecule has 3 aromatic carbocycles. The van der Waals surface area contributed by atoms with Crippen molar-refractivity contribution in [1.29, 1.82) is 0 Å². The molecule has 1 atom stereocenters. The summed E-state index contributed by atoms with van der Waals surface area (Å²) in [4.78, 5) is 87.1. The zero-order valence-electron chi connectivity index (χ0n) is 33.8. The lowest BCUT2D eigenvalue weighted by Crippen LogP contribution is -2.60. The molecule has 0 radical (unpaired) electrons. The van der Waals surface area contributed by atoms with Gasteiger partial charge in [0.2, 0.25) is 11.8 Å². The molecule has 0 saturated carbocycles. The maximum Gasteiger partial charge on any atom is 0.419 e. The van der Waals surface area contributed by atoms with Gasteiger partial charge in [0.05, 0.1) is 30.0 Å². The second-order valence-electron chi connectivity index (χ2n) is 15.5. The number of fused-ring (bicyclic) bond motifs is 1. The van der Waals surface area contributed by atoms with Crippen molar-refractivity contribution in [3.63, 3.8) is 0 Å². The summed E-state index contributed by atoms with van der Waals surface area (Å²) >= 11 is 6.34. The molecule has 1 unspecified atom stereocenters. The molecule has 0 bridgehead atoms. The molecule has 0 aliphatic carbocycles. The Balaban J connectivity index is 1.17. The molecule has 318 valence electrons. The number of aromatic carboxylic acids is 1. The van der Waals surface area contributed by atoms with Crippen LogP contribution in [0.25, 0.3) is 16.6 Å². The van der Waals surface area contributed by atoms with Crippen LogP contribution in [0.2, 0.25) is 5.02 Å². The predicted molar refractivity (Wildman–Crippen MR) is 222 cm³/mol. The van der Waals surface area contributed by atoms with E-state index in [0.29, 0.717) is 53.6 Å². The molecule has 2 aliphatic rings. The van der Waals surface area contributed by atoms with E-state index in [9.17, 15) is 33.9 Å². The van der Waals surface area contributed by atoms with Crippen molar-refractivity contribution in [3.8, 4) is 5.69 Å². The van der Waals surface area contributed by atoms with E-state index < -0.39 is 41.4 Å². The highest BCUT2D eigenvalue weighted by Crippen LogP contribution is 2.31. The number of tetrazole rings is 1. The Morgan fingerprint density at radius 2 is 1.66 bits per heavy atom. The lowest BCUT2D eigenvalue weighted by Gasteiger charge is -2.38. The smallest absolute Gasteiger partial charge is 0.419 e. The second-order valence-corrected chi connectivity index (χ2v) is 15.9. The number of halogens is 1. The number of hydrogen-bond acceptors (Lipinski definition) is 12. The lowest BCUT2D eigenvalue weighted by atomic mass is 10.0. The molecular formula is C41H43ClN10O9. The van der Waals surface area contributed by atoms with Gasteiger partial charge in [-0.2, -0.15) is 4.68 Å². The van der Waals surface area contributed by atoms with Crippen molar-refractivity contribution in [2.24, 2.45) is 0 Å². The number of carboxylic acids is 1. The van der Waals surface area contributed by atoms with Crippen LogP contribution in [0.4, 0.5) is 21.9 Å². The SMILES string of the molecule is COCCN1CCN(c2ccc(CC(C(=O)Nc3ccc4c(c3)cc(C(=O)O)n4C(=O)OC(C)(C)C)N3CCN(c4cc(Cl)ccc4-n4cnnn4)C(=O)C3=O)cc2)C(=O)C1. The van der Waals surface area contributed by atoms with Crippen LogP contribution in [0.15, 0.2) is 73.1 Å². The van der Waals surface area contributed by atoms with Gasteiger partial charge in [0, 0.05) is 68.0 Å². The summed E-state index contributed by atoms with van der Waals surface area (Å²) in [6, 6.07) is 16.4. The summed E-state index contributed by atoms with van der Waals surface area (Å²) in [7, 11) is 1.61. The molecule has 5 aromatic rings. The maximum atomic E-state index is 14.4. The average molecular weight is 855 g/mol. The number of methoxy groups -OCH3 is 1. The molecule has 2 saturated heterocycles. The van der Waals surface area contributed by atoms with Crippen LogP contribution in [0.1, 0.15) is 36.8 Å². The minimum atomic E-state index is -1.36. The summed E-state index contributed by atoms with van der Waals surface area (Å²) in [6.45, 7) is 7.47. The molecule has 2 fully saturated rings. The fraction of sp³-hybridized carbons (Fsp3) is 0.341. The van der Waals surface area contributed by atoms with Crippen molar-refractivity contribution in [2.45, 2.75) is 38.8 Å². The molecule has 0 spiro atoms. The normalized spacial score (nSPS) is 15.7. The molecule has 4 amide bonds. The minimum absolute atomic E-state index is 0.0106. The Kier molecular flexibility index (Phi) is 12.2. The third-order valence-corrected chi connectivity index (χ3v) is 10.4. The highest BCUT2D eigenvalue weighted by molar-refractivity contribution is 6.41. The van der Waals surface area contributed by atoms with Crippen molar-refractivity contribution in [1.82, 2.24) is 34.6 Å². The summed E-state index contributed by atoms with van der Waals surface area (Å²) in [6.07, 6.45) is 0.435. The number of rotatable bonds is 12. The second kappa shape index (κ2) is 17.5. The van der Waals surface area contributed by atoms with Crippen LogP contribution < -0.4 is 15.1 Å². The number of piperazine rings is 2. The Morgan fingerprint density at radius 1 is 0.902 bits per heavy atom. The summed E-state index contributed by atoms with van der Waals surface area (Å²) in [5.41, 5.74) is 1.23. The van der Waals surface area contributed by atoms with Gasteiger partial charge in [0.15, 0.2) is 0 Å². The van der Waals surface area contributed by atoms with Crippen LogP contribution >= 0.6 is 11.6 Å². The number of nitrogens with one attached hydrogen (secondary N) is 1. The zero-order valence-corrected chi connectivity index (χ0v) is 34.5. The number of aromatic nitrogens is 5. The van der Waals surface area contributed by atoms with Gasteiger partial charge in [0.25, 0.3) is 0 Å². The van der Waals surface area contributed by atoms with Gasteiger partial charge in [-0.3, -0.25) is 24.1 Å². The van der Waals surface area contributed by atoms with Gasteiger partial charge < -0.3 is 34.6 Å². The highest BCUT2D eigenvalue weighted by atomic mass is 35.5. The van der Waals surface area contributed by atoms with Crippen molar-refractivity contribution >= 4 is 75.3 Å². The summed E-state index contributed by atoms with van der Waals surface area (Å²) < 4.78 is 12.9. The Bertz CT molecular complexity index is 2500. The number of carbonyl (C=O) groups is 6. The van der Waals surface area contributed by atoms with Crippen LogP contribution in [-0.2, 0) is 35.1 Å². The fourth-order valence-corrected chi connectivity index (χ4v) is 7.49. The first-order valence-electron chi connectivity index (χ1n) is 19.3. The summed E-state index contributed by atoms with van der Waals surface area (Å²) in [5.74, 6) is -3.92. The largest absolute Gasteiger partial charge is 0.477 e. The van der Waals surface area contributed by atoms with E-state index in [2.05, 4.69) is 20.8 Å². The van der Waals surface area contributed by atoms with E-state index >= 15 is 0 Å². The fourth-order valence-electron chi connectivity index (χ4n) is 7.32. The Morgan fingerprint density at radius 3 is 2.33 bits per heavy atom. The van der Waals surface area contributed by atoms with Gasteiger partial charge in [-0.25, -0.2) is 14.2 Å². The van der Waals surface area contributed by atoms with Gasteiger partial charge in [-0.05, 0) is 91.4 Å². The first kappa shape index (κ1) is 42.4. The van der Waals surface area contributed by atoms with E-state index in [1.807, 2.05) is 4.90 Å². The van der Waals surface area contributed by atoms with Crippen LogP contribution in [-0.4, -0.2) is 140 Å². The molecule has 19 nitrogen and oxygen atoms in total.